The Balaban J connectivity index is 4.15. The van der Waals surface area contributed by atoms with Gasteiger partial charge < -0.3 is 5.11 Å². The highest BCUT2D eigenvalue weighted by Gasteiger charge is 2.03. The monoisotopic (exact) mass is 154 g/mol. The highest BCUT2D eigenvalue weighted by atomic mass is 16.4. The molecule has 0 heterocycles. The SMILES string of the molecule is C=CCC/C(C)=C(/C)C(=O)O. The summed E-state index contributed by atoms with van der Waals surface area (Å²) in [5.74, 6) is -0.827. The molecule has 0 aromatic carbocycles. The zero-order chi connectivity index (χ0) is 8.85. The van der Waals surface area contributed by atoms with Crippen LogP contribution >= 0.6 is 0 Å². The molecule has 0 radical (unpaired) electrons. The van der Waals surface area contributed by atoms with Crippen molar-refractivity contribution >= 4 is 5.97 Å². The van der Waals surface area contributed by atoms with Crippen LogP contribution in [-0.2, 0) is 4.79 Å². The van der Waals surface area contributed by atoms with Gasteiger partial charge in [-0.2, -0.15) is 0 Å². The van der Waals surface area contributed by atoms with Gasteiger partial charge in [-0.05, 0) is 26.7 Å². The molecule has 2 nitrogen and oxygen atoms in total. The average Bonchev–Trinajstić information content (AvgIpc) is 1.98. The molecule has 1 N–H and O–H groups in total. The van der Waals surface area contributed by atoms with Crippen molar-refractivity contribution in [3.63, 3.8) is 0 Å². The Morgan fingerprint density at radius 1 is 1.55 bits per heavy atom. The molecular weight excluding hydrogens is 140 g/mol. The number of allylic oxidation sites excluding steroid dienone is 2. The van der Waals surface area contributed by atoms with Crippen LogP contribution in [-0.4, -0.2) is 11.1 Å². The molecule has 0 aromatic rings. The summed E-state index contributed by atoms with van der Waals surface area (Å²) in [6.45, 7) is 7.03. The van der Waals surface area contributed by atoms with Gasteiger partial charge >= 0.3 is 5.97 Å². The van der Waals surface area contributed by atoms with Gasteiger partial charge in [-0.1, -0.05) is 11.6 Å². The number of rotatable bonds is 4. The van der Waals surface area contributed by atoms with Crippen molar-refractivity contribution in [3.8, 4) is 0 Å². The zero-order valence-electron chi connectivity index (χ0n) is 7.05. The fourth-order valence-corrected chi connectivity index (χ4v) is 0.689. The number of carboxylic acids is 1. The average molecular weight is 154 g/mol. The van der Waals surface area contributed by atoms with Crippen LogP contribution < -0.4 is 0 Å². The van der Waals surface area contributed by atoms with Gasteiger partial charge in [0.25, 0.3) is 0 Å². The van der Waals surface area contributed by atoms with Crippen molar-refractivity contribution in [2.45, 2.75) is 26.7 Å². The minimum atomic E-state index is -0.827. The summed E-state index contributed by atoms with van der Waals surface area (Å²) in [6.07, 6.45) is 3.43. The predicted octanol–water partition coefficient (Wildman–Crippen LogP) is 2.37. The summed E-state index contributed by atoms with van der Waals surface area (Å²) >= 11 is 0. The number of carboxylic acid groups (broad SMARTS) is 1. The summed E-state index contributed by atoms with van der Waals surface area (Å²) in [7, 11) is 0. The van der Waals surface area contributed by atoms with Crippen molar-refractivity contribution in [1.82, 2.24) is 0 Å². The second kappa shape index (κ2) is 4.72. The molecule has 0 fully saturated rings. The van der Waals surface area contributed by atoms with E-state index in [1.165, 1.54) is 0 Å². The molecule has 0 bridgehead atoms. The molecule has 0 saturated carbocycles. The standard InChI is InChI=1S/C9H14O2/c1-4-5-6-7(2)8(3)9(10)11/h4H,1,5-6H2,2-3H3,(H,10,11)/b8-7-. The largest absolute Gasteiger partial charge is 0.478 e. The topological polar surface area (TPSA) is 37.3 Å². The summed E-state index contributed by atoms with van der Waals surface area (Å²) in [5.41, 5.74) is 1.38. The molecule has 0 unspecified atom stereocenters. The lowest BCUT2D eigenvalue weighted by molar-refractivity contribution is -0.132. The van der Waals surface area contributed by atoms with Crippen LogP contribution in [0.4, 0.5) is 0 Å². The third-order valence-electron chi connectivity index (χ3n) is 1.68. The van der Waals surface area contributed by atoms with Crippen LogP contribution in [0.15, 0.2) is 23.8 Å². The number of aliphatic carboxylic acids is 1. The van der Waals surface area contributed by atoms with Crippen LogP contribution in [0.25, 0.3) is 0 Å². The Morgan fingerprint density at radius 3 is 2.45 bits per heavy atom. The summed E-state index contributed by atoms with van der Waals surface area (Å²) < 4.78 is 0. The van der Waals surface area contributed by atoms with Gasteiger partial charge in [-0.15, -0.1) is 6.58 Å². The van der Waals surface area contributed by atoms with Crippen molar-refractivity contribution in [3.05, 3.63) is 23.8 Å². The van der Waals surface area contributed by atoms with E-state index >= 15 is 0 Å². The first kappa shape index (κ1) is 9.95. The highest BCUT2D eigenvalue weighted by molar-refractivity contribution is 5.86. The minimum absolute atomic E-state index is 0.451. The Morgan fingerprint density at radius 2 is 2.09 bits per heavy atom. The van der Waals surface area contributed by atoms with Gasteiger partial charge in [0, 0.05) is 5.57 Å². The van der Waals surface area contributed by atoms with Gasteiger partial charge in [0.1, 0.15) is 0 Å². The van der Waals surface area contributed by atoms with Crippen LogP contribution in [0.2, 0.25) is 0 Å². The normalized spacial score (nSPS) is 12.2. The third kappa shape index (κ3) is 3.61. The predicted molar refractivity (Wildman–Crippen MR) is 45.4 cm³/mol. The first-order chi connectivity index (χ1) is 5.09. The molecule has 11 heavy (non-hydrogen) atoms. The van der Waals surface area contributed by atoms with Crippen molar-refractivity contribution in [2.24, 2.45) is 0 Å². The van der Waals surface area contributed by atoms with Crippen LogP contribution in [0, 0.1) is 0 Å². The molecule has 0 saturated heterocycles. The Labute approximate surface area is 67.2 Å². The molecule has 0 rings (SSSR count). The minimum Gasteiger partial charge on any atom is -0.478 e. The van der Waals surface area contributed by atoms with E-state index < -0.39 is 5.97 Å². The van der Waals surface area contributed by atoms with E-state index in [1.54, 1.807) is 13.0 Å². The van der Waals surface area contributed by atoms with Crippen molar-refractivity contribution < 1.29 is 9.90 Å². The summed E-state index contributed by atoms with van der Waals surface area (Å²) in [4.78, 5) is 10.4. The Bertz CT molecular complexity index is 190. The van der Waals surface area contributed by atoms with E-state index in [2.05, 4.69) is 6.58 Å². The van der Waals surface area contributed by atoms with E-state index in [4.69, 9.17) is 5.11 Å². The van der Waals surface area contributed by atoms with Crippen LogP contribution in [0.5, 0.6) is 0 Å². The number of hydrogen-bond acceptors (Lipinski definition) is 1. The molecule has 0 aliphatic heterocycles. The second-order valence-corrected chi connectivity index (χ2v) is 2.54. The summed E-state index contributed by atoms with van der Waals surface area (Å²) in [6, 6.07) is 0. The Kier molecular flexibility index (Phi) is 4.27. The van der Waals surface area contributed by atoms with E-state index in [0.717, 1.165) is 18.4 Å². The Hall–Kier alpha value is -1.05. The number of carbonyl (C=O) groups is 1. The van der Waals surface area contributed by atoms with Gasteiger partial charge in [0.05, 0.1) is 0 Å². The highest BCUT2D eigenvalue weighted by Crippen LogP contribution is 2.10. The second-order valence-electron chi connectivity index (χ2n) is 2.54. The van der Waals surface area contributed by atoms with E-state index in [0.29, 0.717) is 5.57 Å². The number of hydrogen-bond donors (Lipinski definition) is 1. The molecule has 0 aliphatic carbocycles. The zero-order valence-corrected chi connectivity index (χ0v) is 7.05. The molecule has 0 atom stereocenters. The van der Waals surface area contributed by atoms with Crippen LogP contribution in [0.1, 0.15) is 26.7 Å². The fraction of sp³-hybridized carbons (Fsp3) is 0.444. The summed E-state index contributed by atoms with van der Waals surface area (Å²) in [5, 5.41) is 8.57. The van der Waals surface area contributed by atoms with E-state index in [-0.39, 0.29) is 0 Å². The quantitative estimate of drug-likeness (QED) is 0.498. The van der Waals surface area contributed by atoms with Gasteiger partial charge in [0.15, 0.2) is 0 Å². The lowest BCUT2D eigenvalue weighted by atomic mass is 10.1. The van der Waals surface area contributed by atoms with Gasteiger partial charge in [-0.25, -0.2) is 4.79 Å². The third-order valence-corrected chi connectivity index (χ3v) is 1.68. The van der Waals surface area contributed by atoms with E-state index in [9.17, 15) is 4.79 Å². The van der Waals surface area contributed by atoms with Crippen molar-refractivity contribution in [1.29, 1.82) is 0 Å². The van der Waals surface area contributed by atoms with Gasteiger partial charge in [0.2, 0.25) is 0 Å². The first-order valence-corrected chi connectivity index (χ1v) is 3.60. The maximum atomic E-state index is 10.4. The first-order valence-electron chi connectivity index (χ1n) is 3.60. The molecule has 62 valence electrons. The molecule has 0 amide bonds. The maximum Gasteiger partial charge on any atom is 0.331 e. The van der Waals surface area contributed by atoms with Crippen molar-refractivity contribution in [2.75, 3.05) is 0 Å². The molecule has 0 spiro atoms. The fourth-order valence-electron chi connectivity index (χ4n) is 0.689. The molecule has 0 aromatic heterocycles. The van der Waals surface area contributed by atoms with Gasteiger partial charge in [-0.3, -0.25) is 0 Å². The molecule has 2 heteroatoms. The lowest BCUT2D eigenvalue weighted by Crippen LogP contribution is -1.99. The molecular formula is C9H14O2. The smallest absolute Gasteiger partial charge is 0.331 e. The maximum absolute atomic E-state index is 10.4. The van der Waals surface area contributed by atoms with E-state index in [1.807, 2.05) is 6.92 Å². The lowest BCUT2D eigenvalue weighted by Gasteiger charge is -2.00. The van der Waals surface area contributed by atoms with Crippen LogP contribution in [0.3, 0.4) is 0 Å². The molecule has 0 aliphatic rings.